The van der Waals surface area contributed by atoms with Gasteiger partial charge in [0.15, 0.2) is 0 Å². The molecular formula is C26H37F3N4O4. The Labute approximate surface area is 215 Å². The zero-order valence-corrected chi connectivity index (χ0v) is 21.7. The number of ether oxygens (including phenoxy) is 1. The van der Waals surface area contributed by atoms with E-state index in [1.54, 1.807) is 12.4 Å². The van der Waals surface area contributed by atoms with Crippen molar-refractivity contribution in [3.63, 3.8) is 0 Å². The molecule has 2 aliphatic carbocycles. The number of amides is 1. The van der Waals surface area contributed by atoms with Crippen molar-refractivity contribution in [1.29, 1.82) is 0 Å². The molecule has 8 nitrogen and oxygen atoms in total. The molecule has 1 spiro atoms. The van der Waals surface area contributed by atoms with E-state index in [1.807, 2.05) is 6.92 Å². The van der Waals surface area contributed by atoms with Gasteiger partial charge < -0.3 is 15.2 Å². The second-order valence-electron chi connectivity index (χ2n) is 10.4. The average molecular weight is 527 g/mol. The third kappa shape index (κ3) is 7.98. The number of nitrogens with zero attached hydrogens (tertiary/aromatic N) is 3. The predicted octanol–water partition coefficient (Wildman–Crippen LogP) is 4.15. The van der Waals surface area contributed by atoms with Gasteiger partial charge in [-0.1, -0.05) is 31.4 Å². The first kappa shape index (κ1) is 29.0. The number of aliphatic carboxylic acids is 1. The fourth-order valence-electron chi connectivity index (χ4n) is 5.49. The highest BCUT2D eigenvalue weighted by Crippen LogP contribution is 2.36. The van der Waals surface area contributed by atoms with Crippen molar-refractivity contribution < 1.29 is 32.6 Å². The number of morpholine rings is 1. The summed E-state index contributed by atoms with van der Waals surface area (Å²) in [4.78, 5) is 32.8. The molecule has 4 rings (SSSR count). The highest BCUT2D eigenvalue weighted by molar-refractivity contribution is 5.92. The van der Waals surface area contributed by atoms with E-state index in [9.17, 15) is 18.0 Å². The second kappa shape index (κ2) is 12.3. The number of alkyl halides is 3. The number of carbonyl (C=O) groups is 2. The molecule has 1 aromatic heterocycles. The topological polar surface area (TPSA) is 105 Å². The molecule has 2 N–H and O–H groups in total. The van der Waals surface area contributed by atoms with Gasteiger partial charge in [-0.2, -0.15) is 13.2 Å². The first-order valence-corrected chi connectivity index (χ1v) is 12.8. The van der Waals surface area contributed by atoms with Crippen LogP contribution in [0.15, 0.2) is 24.0 Å². The number of nitrogens with one attached hydrogen (secondary N) is 1. The summed E-state index contributed by atoms with van der Waals surface area (Å²) in [5, 5.41) is 10.4. The summed E-state index contributed by atoms with van der Waals surface area (Å²) in [7, 11) is 0. The molecule has 1 saturated heterocycles. The molecule has 1 aliphatic heterocycles. The summed E-state index contributed by atoms with van der Waals surface area (Å²) in [5.74, 6) is -1.55. The van der Waals surface area contributed by atoms with Crippen molar-refractivity contribution in [1.82, 2.24) is 20.2 Å². The molecule has 3 aliphatic rings. The van der Waals surface area contributed by atoms with Crippen LogP contribution >= 0.6 is 0 Å². The van der Waals surface area contributed by atoms with E-state index in [1.165, 1.54) is 18.4 Å². The van der Waals surface area contributed by atoms with Gasteiger partial charge >= 0.3 is 12.1 Å². The molecule has 11 heteroatoms. The van der Waals surface area contributed by atoms with Crippen LogP contribution in [0.5, 0.6) is 0 Å². The number of aromatic nitrogens is 2. The molecule has 1 aromatic rings. The van der Waals surface area contributed by atoms with E-state index in [0.29, 0.717) is 17.5 Å². The van der Waals surface area contributed by atoms with Crippen molar-refractivity contribution in [3.05, 3.63) is 35.4 Å². The minimum atomic E-state index is -5.08. The SMILES string of the molecule is CC1=CC(C)C(CN2CCOC3(CCCCC3NC(=O)c3cnc(C)cn3)C2)CC1.O=C(O)C(F)(F)F. The van der Waals surface area contributed by atoms with Gasteiger partial charge in [0.05, 0.1) is 24.5 Å². The Balaban J connectivity index is 0.000000479. The third-order valence-electron chi connectivity index (χ3n) is 7.52. The Morgan fingerprint density at radius 2 is 1.95 bits per heavy atom. The predicted molar refractivity (Wildman–Crippen MR) is 131 cm³/mol. The number of hydrogen-bond donors (Lipinski definition) is 2. The lowest BCUT2D eigenvalue weighted by atomic mass is 9.77. The molecule has 4 atom stereocenters. The summed E-state index contributed by atoms with van der Waals surface area (Å²) in [5.41, 5.74) is 2.45. The summed E-state index contributed by atoms with van der Waals surface area (Å²) in [6.07, 6.45) is 7.33. The second-order valence-corrected chi connectivity index (χ2v) is 10.4. The van der Waals surface area contributed by atoms with Crippen LogP contribution in [0, 0.1) is 18.8 Å². The monoisotopic (exact) mass is 526 g/mol. The first-order chi connectivity index (χ1) is 17.4. The van der Waals surface area contributed by atoms with Gasteiger partial charge in [-0.05, 0) is 51.4 Å². The van der Waals surface area contributed by atoms with Crippen molar-refractivity contribution in [2.45, 2.75) is 77.1 Å². The zero-order valence-electron chi connectivity index (χ0n) is 21.7. The van der Waals surface area contributed by atoms with E-state index in [2.05, 4.69) is 40.1 Å². The number of carbonyl (C=O) groups excluding carboxylic acids is 1. The maximum atomic E-state index is 12.8. The summed E-state index contributed by atoms with van der Waals surface area (Å²) in [6, 6.07) is 0.0237. The molecule has 0 radical (unpaired) electrons. The fourth-order valence-corrected chi connectivity index (χ4v) is 5.49. The smallest absolute Gasteiger partial charge is 0.475 e. The van der Waals surface area contributed by atoms with Crippen molar-refractivity contribution in [2.24, 2.45) is 11.8 Å². The quantitative estimate of drug-likeness (QED) is 0.568. The molecule has 206 valence electrons. The van der Waals surface area contributed by atoms with Crippen molar-refractivity contribution in [2.75, 3.05) is 26.2 Å². The largest absolute Gasteiger partial charge is 0.490 e. The lowest BCUT2D eigenvalue weighted by molar-refractivity contribution is -0.192. The Kier molecular flexibility index (Phi) is 9.68. The van der Waals surface area contributed by atoms with Crippen LogP contribution < -0.4 is 5.32 Å². The van der Waals surface area contributed by atoms with Gasteiger partial charge in [0.2, 0.25) is 0 Å². The number of halogens is 3. The molecule has 1 amide bonds. The number of aryl methyl sites for hydroxylation is 1. The van der Waals surface area contributed by atoms with Crippen LogP contribution in [0.2, 0.25) is 0 Å². The zero-order chi connectivity index (χ0) is 27.2. The maximum absolute atomic E-state index is 12.8. The van der Waals surface area contributed by atoms with E-state index < -0.39 is 12.1 Å². The molecule has 2 heterocycles. The molecule has 0 bridgehead atoms. The van der Waals surface area contributed by atoms with Gasteiger partial charge in [-0.3, -0.25) is 14.7 Å². The Morgan fingerprint density at radius 1 is 1.22 bits per heavy atom. The number of hydrogen-bond acceptors (Lipinski definition) is 6. The van der Waals surface area contributed by atoms with E-state index >= 15 is 0 Å². The van der Waals surface area contributed by atoms with E-state index in [0.717, 1.165) is 57.6 Å². The summed E-state index contributed by atoms with van der Waals surface area (Å²) < 4.78 is 38.2. The summed E-state index contributed by atoms with van der Waals surface area (Å²) >= 11 is 0. The van der Waals surface area contributed by atoms with Gasteiger partial charge in [0.1, 0.15) is 11.3 Å². The molecule has 37 heavy (non-hydrogen) atoms. The van der Waals surface area contributed by atoms with Crippen LogP contribution in [-0.2, 0) is 9.53 Å². The van der Waals surface area contributed by atoms with Gasteiger partial charge in [-0.15, -0.1) is 0 Å². The first-order valence-electron chi connectivity index (χ1n) is 12.8. The fraction of sp³-hybridized carbons (Fsp3) is 0.692. The van der Waals surface area contributed by atoms with E-state index in [-0.39, 0.29) is 17.6 Å². The minimum absolute atomic E-state index is 0.0237. The molecule has 4 unspecified atom stereocenters. The molecule has 2 fully saturated rings. The van der Waals surface area contributed by atoms with Crippen LogP contribution in [0.1, 0.15) is 68.6 Å². The summed E-state index contributed by atoms with van der Waals surface area (Å²) in [6.45, 7) is 10.2. The number of allylic oxidation sites excluding steroid dienone is 2. The number of carboxylic acid groups (broad SMARTS) is 1. The lowest BCUT2D eigenvalue weighted by Gasteiger charge is -2.50. The maximum Gasteiger partial charge on any atom is 0.490 e. The van der Waals surface area contributed by atoms with Crippen molar-refractivity contribution >= 4 is 11.9 Å². The Bertz CT molecular complexity index is 966. The average Bonchev–Trinajstić information content (AvgIpc) is 2.83. The number of rotatable bonds is 4. The molecule has 0 aromatic carbocycles. The van der Waals surface area contributed by atoms with Crippen LogP contribution in [0.3, 0.4) is 0 Å². The van der Waals surface area contributed by atoms with E-state index in [4.69, 9.17) is 14.6 Å². The standard InChI is InChI=1S/C24H36N4O2.C2HF3O2/c1-17-7-8-20(18(2)12-17)15-28-10-11-30-24(16-28)9-5-4-6-22(24)27-23(29)21-14-25-19(3)13-26-21;3-2(4,5)1(6)7/h12-14,18,20,22H,4-11,15-16H2,1-3H3,(H,27,29);(H,6,7). The Morgan fingerprint density at radius 3 is 2.57 bits per heavy atom. The minimum Gasteiger partial charge on any atom is -0.475 e. The highest BCUT2D eigenvalue weighted by Gasteiger charge is 2.46. The van der Waals surface area contributed by atoms with Crippen molar-refractivity contribution in [3.8, 4) is 0 Å². The van der Waals surface area contributed by atoms with Gasteiger partial charge in [-0.25, -0.2) is 9.78 Å². The normalized spacial score (nSPS) is 28.6. The highest BCUT2D eigenvalue weighted by atomic mass is 19.4. The Hall–Kier alpha value is -2.53. The van der Waals surface area contributed by atoms with Crippen LogP contribution in [0.25, 0.3) is 0 Å². The lowest BCUT2D eigenvalue weighted by Crippen LogP contribution is -2.64. The third-order valence-corrected chi connectivity index (χ3v) is 7.52. The number of carboxylic acids is 1. The van der Waals surface area contributed by atoms with Gasteiger partial charge in [0.25, 0.3) is 5.91 Å². The molecular weight excluding hydrogens is 489 g/mol. The van der Waals surface area contributed by atoms with Gasteiger partial charge in [0, 0.05) is 25.8 Å². The van der Waals surface area contributed by atoms with Crippen LogP contribution in [0.4, 0.5) is 13.2 Å². The molecule has 1 saturated carbocycles. The van der Waals surface area contributed by atoms with Crippen LogP contribution in [-0.4, -0.2) is 75.9 Å².